The van der Waals surface area contributed by atoms with Gasteiger partial charge in [-0.15, -0.1) is 0 Å². The molecule has 1 aliphatic heterocycles. The highest BCUT2D eigenvalue weighted by Crippen LogP contribution is 2.15. The average Bonchev–Trinajstić information content (AvgIpc) is 2.28. The molecular formula is C14H18FNO. The summed E-state index contributed by atoms with van der Waals surface area (Å²) >= 11 is 0. The molecule has 1 fully saturated rings. The summed E-state index contributed by atoms with van der Waals surface area (Å²) in [6, 6.07) is 6.23. The lowest BCUT2D eigenvalue weighted by atomic mass is 10.1. The summed E-state index contributed by atoms with van der Waals surface area (Å²) in [6.45, 7) is 1.51. The van der Waals surface area contributed by atoms with Crippen LogP contribution in [-0.2, 0) is 0 Å². The highest BCUT2D eigenvalue weighted by atomic mass is 19.1. The van der Waals surface area contributed by atoms with Crippen LogP contribution in [0.3, 0.4) is 0 Å². The molecule has 1 aliphatic rings. The van der Waals surface area contributed by atoms with Crippen LogP contribution in [0.2, 0.25) is 0 Å². The average molecular weight is 235 g/mol. The summed E-state index contributed by atoms with van der Waals surface area (Å²) in [7, 11) is 0. The van der Waals surface area contributed by atoms with Gasteiger partial charge in [0.15, 0.2) is 0 Å². The van der Waals surface area contributed by atoms with Crippen LogP contribution in [0.4, 0.5) is 4.39 Å². The number of likely N-dealkylation sites (tertiary alicyclic amines) is 1. The highest BCUT2D eigenvalue weighted by molar-refractivity contribution is 5.94. The summed E-state index contributed by atoms with van der Waals surface area (Å²) in [5, 5.41) is 0. The summed E-state index contributed by atoms with van der Waals surface area (Å²) in [5.41, 5.74) is 0.202. The number of rotatable bonds is 1. The van der Waals surface area contributed by atoms with Crippen molar-refractivity contribution in [2.45, 2.75) is 32.1 Å². The summed E-state index contributed by atoms with van der Waals surface area (Å²) in [5.74, 6) is -0.579. The van der Waals surface area contributed by atoms with E-state index < -0.39 is 5.82 Å². The van der Waals surface area contributed by atoms with E-state index in [0.29, 0.717) is 0 Å². The van der Waals surface area contributed by atoms with Crippen molar-refractivity contribution in [3.63, 3.8) is 0 Å². The van der Waals surface area contributed by atoms with Gasteiger partial charge in [0, 0.05) is 13.1 Å². The van der Waals surface area contributed by atoms with Gasteiger partial charge < -0.3 is 4.90 Å². The second-order valence-electron chi connectivity index (χ2n) is 4.54. The monoisotopic (exact) mass is 235 g/mol. The van der Waals surface area contributed by atoms with E-state index >= 15 is 0 Å². The summed E-state index contributed by atoms with van der Waals surface area (Å²) in [4.78, 5) is 14.0. The molecule has 0 spiro atoms. The molecule has 0 bridgehead atoms. The predicted molar refractivity (Wildman–Crippen MR) is 65.4 cm³/mol. The molecule has 2 rings (SSSR count). The fourth-order valence-corrected chi connectivity index (χ4v) is 2.26. The molecule has 1 saturated heterocycles. The molecular weight excluding hydrogens is 217 g/mol. The lowest BCUT2D eigenvalue weighted by Gasteiger charge is -2.25. The first-order valence-electron chi connectivity index (χ1n) is 6.33. The van der Waals surface area contributed by atoms with Gasteiger partial charge in [0.2, 0.25) is 0 Å². The predicted octanol–water partition coefficient (Wildman–Crippen LogP) is 3.23. The Kier molecular flexibility index (Phi) is 4.13. The van der Waals surface area contributed by atoms with E-state index in [1.54, 1.807) is 23.1 Å². The Bertz CT molecular complexity index is 384. The molecule has 1 amide bonds. The van der Waals surface area contributed by atoms with E-state index in [1.165, 1.54) is 25.3 Å². The van der Waals surface area contributed by atoms with Gasteiger partial charge in [-0.2, -0.15) is 0 Å². The molecule has 92 valence electrons. The molecule has 3 heteroatoms. The standard InChI is InChI=1S/C14H18FNO/c15-13-9-5-4-8-12(13)14(17)16-10-6-2-1-3-7-11-16/h4-5,8-9H,1-3,6-7,10-11H2. The van der Waals surface area contributed by atoms with Crippen molar-refractivity contribution in [3.05, 3.63) is 35.6 Å². The number of amides is 1. The maximum atomic E-state index is 13.5. The lowest BCUT2D eigenvalue weighted by molar-refractivity contribution is 0.0737. The second kappa shape index (κ2) is 5.80. The highest BCUT2D eigenvalue weighted by Gasteiger charge is 2.19. The normalized spacial score (nSPS) is 17.4. The van der Waals surface area contributed by atoms with Crippen LogP contribution in [-0.4, -0.2) is 23.9 Å². The van der Waals surface area contributed by atoms with Crippen molar-refractivity contribution in [2.24, 2.45) is 0 Å². The zero-order valence-corrected chi connectivity index (χ0v) is 9.99. The molecule has 17 heavy (non-hydrogen) atoms. The molecule has 1 aromatic carbocycles. The second-order valence-corrected chi connectivity index (χ2v) is 4.54. The Morgan fingerprint density at radius 2 is 1.59 bits per heavy atom. The SMILES string of the molecule is O=C(c1ccccc1F)N1CCCCCCC1. The van der Waals surface area contributed by atoms with E-state index in [0.717, 1.165) is 25.9 Å². The molecule has 2 nitrogen and oxygen atoms in total. The minimum Gasteiger partial charge on any atom is -0.339 e. The quantitative estimate of drug-likeness (QED) is 0.731. The topological polar surface area (TPSA) is 20.3 Å². The number of halogens is 1. The molecule has 0 aliphatic carbocycles. The minimum atomic E-state index is -0.417. The first-order chi connectivity index (χ1) is 8.29. The molecule has 0 N–H and O–H groups in total. The number of nitrogens with zero attached hydrogens (tertiary/aromatic N) is 1. The zero-order chi connectivity index (χ0) is 12.1. The molecule has 0 radical (unpaired) electrons. The van der Waals surface area contributed by atoms with Crippen molar-refractivity contribution in [3.8, 4) is 0 Å². The third-order valence-corrected chi connectivity index (χ3v) is 3.25. The number of carbonyl (C=O) groups is 1. The summed E-state index contributed by atoms with van der Waals surface area (Å²) in [6.07, 6.45) is 5.64. The van der Waals surface area contributed by atoms with Crippen LogP contribution < -0.4 is 0 Å². The maximum absolute atomic E-state index is 13.5. The summed E-state index contributed by atoms with van der Waals surface area (Å²) < 4.78 is 13.5. The molecule has 0 unspecified atom stereocenters. The first kappa shape index (κ1) is 12.1. The van der Waals surface area contributed by atoms with Crippen LogP contribution in [0.5, 0.6) is 0 Å². The van der Waals surface area contributed by atoms with E-state index in [-0.39, 0.29) is 11.5 Å². The number of carbonyl (C=O) groups excluding carboxylic acids is 1. The Morgan fingerprint density at radius 1 is 1.00 bits per heavy atom. The van der Waals surface area contributed by atoms with Gasteiger partial charge in [0.05, 0.1) is 5.56 Å². The van der Waals surface area contributed by atoms with Crippen LogP contribution in [0.15, 0.2) is 24.3 Å². The number of hydrogen-bond donors (Lipinski definition) is 0. The van der Waals surface area contributed by atoms with E-state index in [1.807, 2.05) is 0 Å². The van der Waals surface area contributed by atoms with Crippen LogP contribution in [0, 0.1) is 5.82 Å². The van der Waals surface area contributed by atoms with Crippen molar-refractivity contribution in [1.82, 2.24) is 4.90 Å². The van der Waals surface area contributed by atoms with E-state index in [4.69, 9.17) is 0 Å². The third kappa shape index (κ3) is 3.05. The maximum Gasteiger partial charge on any atom is 0.256 e. The van der Waals surface area contributed by atoms with Crippen molar-refractivity contribution >= 4 is 5.91 Å². The molecule has 0 saturated carbocycles. The number of benzene rings is 1. The van der Waals surface area contributed by atoms with Gasteiger partial charge in [0.25, 0.3) is 5.91 Å². The van der Waals surface area contributed by atoms with Gasteiger partial charge in [-0.25, -0.2) is 4.39 Å². The molecule has 1 heterocycles. The van der Waals surface area contributed by atoms with Gasteiger partial charge in [-0.3, -0.25) is 4.79 Å². The van der Waals surface area contributed by atoms with Gasteiger partial charge in [-0.05, 0) is 25.0 Å². The van der Waals surface area contributed by atoms with Gasteiger partial charge in [-0.1, -0.05) is 31.4 Å². The van der Waals surface area contributed by atoms with E-state index in [9.17, 15) is 9.18 Å². The zero-order valence-electron chi connectivity index (χ0n) is 9.99. The molecule has 0 aromatic heterocycles. The smallest absolute Gasteiger partial charge is 0.256 e. The van der Waals surface area contributed by atoms with Gasteiger partial charge in [0.1, 0.15) is 5.82 Å². The molecule has 1 aromatic rings. The number of hydrogen-bond acceptors (Lipinski definition) is 1. The first-order valence-corrected chi connectivity index (χ1v) is 6.33. The van der Waals surface area contributed by atoms with Crippen LogP contribution in [0.25, 0.3) is 0 Å². The van der Waals surface area contributed by atoms with Crippen LogP contribution >= 0.6 is 0 Å². The minimum absolute atomic E-state index is 0.162. The van der Waals surface area contributed by atoms with Crippen molar-refractivity contribution < 1.29 is 9.18 Å². The Balaban J connectivity index is 2.10. The van der Waals surface area contributed by atoms with Crippen molar-refractivity contribution in [1.29, 1.82) is 0 Å². The van der Waals surface area contributed by atoms with Gasteiger partial charge >= 0.3 is 0 Å². The molecule has 0 atom stereocenters. The Morgan fingerprint density at radius 3 is 2.24 bits per heavy atom. The lowest BCUT2D eigenvalue weighted by Crippen LogP contribution is -2.34. The van der Waals surface area contributed by atoms with E-state index in [2.05, 4.69) is 0 Å². The van der Waals surface area contributed by atoms with Crippen LogP contribution in [0.1, 0.15) is 42.5 Å². The Labute approximate surface area is 101 Å². The largest absolute Gasteiger partial charge is 0.339 e. The fourth-order valence-electron chi connectivity index (χ4n) is 2.26. The van der Waals surface area contributed by atoms with Crippen molar-refractivity contribution in [2.75, 3.05) is 13.1 Å². The fraction of sp³-hybridized carbons (Fsp3) is 0.500. The third-order valence-electron chi connectivity index (χ3n) is 3.25. The Hall–Kier alpha value is -1.38.